The molecule has 7 nitrogen and oxygen atoms in total. The fourth-order valence-electron chi connectivity index (χ4n) is 1.92. The van der Waals surface area contributed by atoms with Gasteiger partial charge in [0.2, 0.25) is 5.91 Å². The van der Waals surface area contributed by atoms with E-state index in [1.165, 1.54) is 24.4 Å². The number of carbonyl (C=O) groups excluding carboxylic acids is 2. The van der Waals surface area contributed by atoms with Crippen molar-refractivity contribution in [3.63, 3.8) is 0 Å². The molecular weight excluding hydrogens is 302 g/mol. The maximum absolute atomic E-state index is 11.6. The van der Waals surface area contributed by atoms with Crippen LogP contribution >= 0.6 is 11.8 Å². The van der Waals surface area contributed by atoms with E-state index < -0.39 is 6.03 Å². The zero-order valence-corrected chi connectivity index (χ0v) is 13.4. The Morgan fingerprint density at radius 2 is 2.09 bits per heavy atom. The van der Waals surface area contributed by atoms with Crippen molar-refractivity contribution in [3.8, 4) is 5.69 Å². The number of urea groups is 1. The normalized spacial score (nSPS) is 10.3. The van der Waals surface area contributed by atoms with Crippen LogP contribution in [-0.2, 0) is 4.79 Å². The quantitative estimate of drug-likeness (QED) is 0.832. The summed E-state index contributed by atoms with van der Waals surface area (Å²) in [6, 6.07) is 5.54. The highest BCUT2D eigenvalue weighted by atomic mass is 32.2. The minimum Gasteiger partial charge on any atom is -0.341 e. The van der Waals surface area contributed by atoms with Crippen molar-refractivity contribution in [2.75, 3.05) is 12.8 Å². The number of aromatic nitrogens is 3. The molecule has 0 saturated carbocycles. The molecule has 3 amide bonds. The number of hydrogen-bond acceptors (Lipinski definition) is 5. The molecule has 1 aromatic heterocycles. The van der Waals surface area contributed by atoms with Crippen LogP contribution in [0.25, 0.3) is 5.69 Å². The predicted molar refractivity (Wildman–Crippen MR) is 84.2 cm³/mol. The summed E-state index contributed by atoms with van der Waals surface area (Å²) in [7, 11) is 1.45. The Kier molecular flexibility index (Phi) is 5.16. The number of nitrogens with one attached hydrogen (secondary N) is 2. The van der Waals surface area contributed by atoms with E-state index in [1.54, 1.807) is 6.33 Å². The van der Waals surface area contributed by atoms with Crippen molar-refractivity contribution in [2.24, 2.45) is 0 Å². The van der Waals surface area contributed by atoms with Gasteiger partial charge in [0.15, 0.2) is 5.16 Å². The Labute approximate surface area is 132 Å². The van der Waals surface area contributed by atoms with Gasteiger partial charge in [-0.2, -0.15) is 0 Å². The van der Waals surface area contributed by atoms with Gasteiger partial charge in [-0.3, -0.25) is 14.7 Å². The molecule has 0 fully saturated rings. The number of rotatable bonds is 4. The molecule has 0 radical (unpaired) electrons. The lowest BCUT2D eigenvalue weighted by molar-refractivity contribution is -0.117. The maximum atomic E-state index is 11.6. The van der Waals surface area contributed by atoms with Gasteiger partial charge in [-0.15, -0.1) is 10.2 Å². The Hall–Kier alpha value is -2.35. The molecule has 0 aliphatic rings. The second-order valence-corrected chi connectivity index (χ2v) is 5.63. The fourth-order valence-corrected chi connectivity index (χ4v) is 2.64. The Morgan fingerprint density at radius 1 is 1.32 bits per heavy atom. The van der Waals surface area contributed by atoms with E-state index in [4.69, 9.17) is 0 Å². The molecular formula is C14H17N5O2S. The second-order valence-electron chi connectivity index (χ2n) is 4.69. The lowest BCUT2D eigenvalue weighted by Gasteiger charge is -2.10. The SMILES string of the molecule is CNC(=O)NC(=O)CSc1nncn1-c1ccc(C)cc1C. The smallest absolute Gasteiger partial charge is 0.321 e. The van der Waals surface area contributed by atoms with Crippen LogP contribution in [0.2, 0.25) is 0 Å². The van der Waals surface area contributed by atoms with Crippen molar-refractivity contribution in [2.45, 2.75) is 19.0 Å². The van der Waals surface area contributed by atoms with E-state index in [-0.39, 0.29) is 11.7 Å². The summed E-state index contributed by atoms with van der Waals surface area (Å²) in [5.74, 6) is -0.309. The third-order valence-electron chi connectivity index (χ3n) is 2.94. The number of amides is 3. The maximum Gasteiger partial charge on any atom is 0.321 e. The van der Waals surface area contributed by atoms with Crippen molar-refractivity contribution in [1.82, 2.24) is 25.4 Å². The first-order chi connectivity index (χ1) is 10.5. The highest BCUT2D eigenvalue weighted by molar-refractivity contribution is 7.99. The van der Waals surface area contributed by atoms with Gasteiger partial charge >= 0.3 is 6.03 Å². The largest absolute Gasteiger partial charge is 0.341 e. The minimum atomic E-state index is -0.526. The molecule has 0 bridgehead atoms. The van der Waals surface area contributed by atoms with Crippen molar-refractivity contribution < 1.29 is 9.59 Å². The van der Waals surface area contributed by atoms with Crippen molar-refractivity contribution in [1.29, 1.82) is 0 Å². The molecule has 8 heteroatoms. The third kappa shape index (κ3) is 3.85. The van der Waals surface area contributed by atoms with Gasteiger partial charge < -0.3 is 5.32 Å². The van der Waals surface area contributed by atoms with Gasteiger partial charge in [0.1, 0.15) is 6.33 Å². The van der Waals surface area contributed by atoms with Crippen LogP contribution in [0.15, 0.2) is 29.7 Å². The van der Waals surface area contributed by atoms with Crippen molar-refractivity contribution >= 4 is 23.7 Å². The predicted octanol–water partition coefficient (Wildman–Crippen LogP) is 1.43. The first-order valence-corrected chi connectivity index (χ1v) is 7.62. The molecule has 0 spiro atoms. The summed E-state index contributed by atoms with van der Waals surface area (Å²) in [6.07, 6.45) is 1.61. The van der Waals surface area contributed by atoms with E-state index in [0.29, 0.717) is 5.16 Å². The van der Waals surface area contributed by atoms with Crippen LogP contribution < -0.4 is 10.6 Å². The topological polar surface area (TPSA) is 88.9 Å². The number of nitrogens with zero attached hydrogens (tertiary/aromatic N) is 3. The zero-order chi connectivity index (χ0) is 16.1. The summed E-state index contributed by atoms with van der Waals surface area (Å²) >= 11 is 1.22. The third-order valence-corrected chi connectivity index (χ3v) is 3.88. The molecule has 1 heterocycles. The van der Waals surface area contributed by atoms with Gasteiger partial charge in [-0.05, 0) is 25.5 Å². The van der Waals surface area contributed by atoms with E-state index in [2.05, 4.69) is 26.9 Å². The summed E-state index contributed by atoms with van der Waals surface area (Å²) in [5, 5.41) is 13.0. The number of aryl methyl sites for hydroxylation is 2. The molecule has 0 unspecified atom stereocenters. The molecule has 2 N–H and O–H groups in total. The molecule has 0 aliphatic heterocycles. The first-order valence-electron chi connectivity index (χ1n) is 6.63. The zero-order valence-electron chi connectivity index (χ0n) is 12.6. The molecule has 1 aromatic carbocycles. The lowest BCUT2D eigenvalue weighted by atomic mass is 10.1. The van der Waals surface area contributed by atoms with Gasteiger partial charge in [0, 0.05) is 7.05 Å². The first kappa shape index (κ1) is 16.0. The van der Waals surface area contributed by atoms with Crippen LogP contribution in [0.5, 0.6) is 0 Å². The average Bonchev–Trinajstić information content (AvgIpc) is 2.93. The number of imide groups is 1. The van der Waals surface area contributed by atoms with Crippen LogP contribution in [0.4, 0.5) is 4.79 Å². The monoisotopic (exact) mass is 319 g/mol. The van der Waals surface area contributed by atoms with E-state index in [1.807, 2.05) is 30.5 Å². The molecule has 2 rings (SSSR count). The van der Waals surface area contributed by atoms with E-state index >= 15 is 0 Å². The number of carbonyl (C=O) groups is 2. The molecule has 0 saturated heterocycles. The number of thioether (sulfide) groups is 1. The van der Waals surface area contributed by atoms with E-state index in [0.717, 1.165) is 11.3 Å². The van der Waals surface area contributed by atoms with Gasteiger partial charge in [0.05, 0.1) is 11.4 Å². The van der Waals surface area contributed by atoms with Gasteiger partial charge in [-0.1, -0.05) is 29.5 Å². The van der Waals surface area contributed by atoms with Crippen LogP contribution in [0.3, 0.4) is 0 Å². The Balaban J connectivity index is 2.10. The fraction of sp³-hybridized carbons (Fsp3) is 0.286. The summed E-state index contributed by atoms with van der Waals surface area (Å²) < 4.78 is 1.83. The van der Waals surface area contributed by atoms with Crippen LogP contribution in [-0.4, -0.2) is 39.5 Å². The van der Waals surface area contributed by atoms with Crippen LogP contribution in [0.1, 0.15) is 11.1 Å². The minimum absolute atomic E-state index is 0.0804. The molecule has 116 valence electrons. The Bertz CT molecular complexity index is 698. The van der Waals surface area contributed by atoms with Gasteiger partial charge in [0.25, 0.3) is 0 Å². The standard InChI is InChI=1S/C14H17N5O2S/c1-9-4-5-11(10(2)6-9)19-8-16-18-14(19)22-7-12(20)17-13(21)15-3/h4-6,8H,7H2,1-3H3,(H2,15,17,20,21). The molecule has 0 atom stereocenters. The molecule has 2 aromatic rings. The highest BCUT2D eigenvalue weighted by Gasteiger charge is 2.12. The number of benzene rings is 1. The number of hydrogen-bond donors (Lipinski definition) is 2. The molecule has 22 heavy (non-hydrogen) atoms. The second kappa shape index (κ2) is 7.08. The summed E-state index contributed by atoms with van der Waals surface area (Å²) in [6.45, 7) is 4.04. The lowest BCUT2D eigenvalue weighted by Crippen LogP contribution is -2.38. The van der Waals surface area contributed by atoms with Crippen molar-refractivity contribution in [3.05, 3.63) is 35.7 Å². The Morgan fingerprint density at radius 3 is 2.77 bits per heavy atom. The van der Waals surface area contributed by atoms with Gasteiger partial charge in [-0.25, -0.2) is 4.79 Å². The van der Waals surface area contributed by atoms with E-state index in [9.17, 15) is 9.59 Å². The highest BCUT2D eigenvalue weighted by Crippen LogP contribution is 2.22. The average molecular weight is 319 g/mol. The summed E-state index contributed by atoms with van der Waals surface area (Å²) in [5.41, 5.74) is 3.23. The van der Waals surface area contributed by atoms with Crippen LogP contribution in [0, 0.1) is 13.8 Å². The summed E-state index contributed by atoms with van der Waals surface area (Å²) in [4.78, 5) is 22.7. The molecule has 0 aliphatic carbocycles.